The Hall–Kier alpha value is -2.51. The van der Waals surface area contributed by atoms with E-state index in [0.29, 0.717) is 6.42 Å². The Labute approximate surface area is 176 Å². The van der Waals surface area contributed by atoms with Gasteiger partial charge in [0.15, 0.2) is 0 Å². The van der Waals surface area contributed by atoms with Crippen LogP contribution in [-0.2, 0) is 9.59 Å². The topological polar surface area (TPSA) is 87.3 Å². The molecule has 1 fully saturated rings. The first-order valence-corrected chi connectivity index (χ1v) is 10.5. The van der Waals surface area contributed by atoms with Crippen LogP contribution < -0.4 is 16.0 Å². The summed E-state index contributed by atoms with van der Waals surface area (Å²) < 4.78 is 27.8. The molecular weight excluding hydrogens is 392 g/mol. The Balaban J connectivity index is 2.03. The zero-order valence-corrected chi connectivity index (χ0v) is 17.9. The Morgan fingerprint density at radius 1 is 1.00 bits per heavy atom. The van der Waals surface area contributed by atoms with Gasteiger partial charge in [-0.05, 0) is 51.2 Å². The Bertz CT molecular complexity index is 763. The van der Waals surface area contributed by atoms with Gasteiger partial charge in [-0.1, -0.05) is 26.3 Å². The van der Waals surface area contributed by atoms with Gasteiger partial charge in [0.1, 0.15) is 23.2 Å². The predicted octanol–water partition coefficient (Wildman–Crippen LogP) is 2.92. The van der Waals surface area contributed by atoms with E-state index < -0.39 is 35.1 Å². The minimum absolute atomic E-state index is 0.0207. The smallest absolute Gasteiger partial charge is 0.257 e. The number of nitrogens with one attached hydrogen (secondary N) is 3. The van der Waals surface area contributed by atoms with Crippen LogP contribution in [0.15, 0.2) is 18.2 Å². The molecule has 8 heteroatoms. The summed E-state index contributed by atoms with van der Waals surface area (Å²) in [6, 6.07) is 2.05. The van der Waals surface area contributed by atoms with Crippen LogP contribution in [0.3, 0.4) is 0 Å². The lowest BCUT2D eigenvalue weighted by Gasteiger charge is -2.31. The summed E-state index contributed by atoms with van der Waals surface area (Å²) in [5.41, 5.74) is -0.709. The molecule has 0 saturated heterocycles. The maximum Gasteiger partial charge on any atom is 0.257 e. The number of carbonyl (C=O) groups is 3. The van der Waals surface area contributed by atoms with E-state index in [2.05, 4.69) is 16.0 Å². The molecule has 1 aromatic rings. The number of hydrogen-bond donors (Lipinski definition) is 3. The molecule has 0 radical (unpaired) electrons. The van der Waals surface area contributed by atoms with Crippen LogP contribution in [-0.4, -0.2) is 35.8 Å². The van der Waals surface area contributed by atoms with Gasteiger partial charge in [-0.25, -0.2) is 8.78 Å². The maximum atomic E-state index is 13.9. The van der Waals surface area contributed by atoms with E-state index in [1.165, 1.54) is 6.07 Å². The lowest BCUT2D eigenvalue weighted by molar-refractivity contribution is -0.129. The summed E-state index contributed by atoms with van der Waals surface area (Å²) in [7, 11) is 0. The molecule has 166 valence electrons. The van der Waals surface area contributed by atoms with Crippen molar-refractivity contribution in [2.45, 2.75) is 71.5 Å². The molecule has 0 heterocycles. The van der Waals surface area contributed by atoms with Crippen molar-refractivity contribution in [1.82, 2.24) is 16.0 Å². The van der Waals surface area contributed by atoms with Gasteiger partial charge < -0.3 is 16.0 Å². The molecule has 3 atom stereocenters. The zero-order chi connectivity index (χ0) is 22.4. The zero-order valence-electron chi connectivity index (χ0n) is 17.9. The van der Waals surface area contributed by atoms with E-state index in [9.17, 15) is 23.2 Å². The third kappa shape index (κ3) is 6.24. The van der Waals surface area contributed by atoms with Gasteiger partial charge in [0, 0.05) is 18.0 Å². The molecule has 0 spiro atoms. The molecule has 3 unspecified atom stereocenters. The normalized spacial score (nSPS) is 20.0. The van der Waals surface area contributed by atoms with Gasteiger partial charge in [0.05, 0.1) is 0 Å². The monoisotopic (exact) mass is 423 g/mol. The van der Waals surface area contributed by atoms with E-state index in [1.54, 1.807) is 13.8 Å². The fourth-order valence-electron chi connectivity index (χ4n) is 3.72. The fourth-order valence-corrected chi connectivity index (χ4v) is 3.72. The van der Waals surface area contributed by atoms with Gasteiger partial charge in [-0.3, -0.25) is 14.4 Å². The average Bonchev–Trinajstić information content (AvgIpc) is 2.65. The van der Waals surface area contributed by atoms with Gasteiger partial charge >= 0.3 is 0 Å². The summed E-state index contributed by atoms with van der Waals surface area (Å²) in [6.45, 7) is 7.27. The number of rotatable bonds is 7. The molecule has 0 bridgehead atoms. The van der Waals surface area contributed by atoms with Crippen LogP contribution in [0.25, 0.3) is 0 Å². The Morgan fingerprint density at radius 2 is 1.63 bits per heavy atom. The van der Waals surface area contributed by atoms with Crippen molar-refractivity contribution in [3.63, 3.8) is 0 Å². The lowest BCUT2D eigenvalue weighted by atomic mass is 9.84. The van der Waals surface area contributed by atoms with Crippen molar-refractivity contribution in [2.75, 3.05) is 0 Å². The van der Waals surface area contributed by atoms with Crippen LogP contribution in [0.5, 0.6) is 0 Å². The number of benzene rings is 1. The van der Waals surface area contributed by atoms with Crippen LogP contribution >= 0.6 is 0 Å². The van der Waals surface area contributed by atoms with Crippen molar-refractivity contribution < 1.29 is 23.2 Å². The minimum atomic E-state index is -0.985. The van der Waals surface area contributed by atoms with Gasteiger partial charge in [0.25, 0.3) is 5.91 Å². The molecule has 1 saturated carbocycles. The van der Waals surface area contributed by atoms with Gasteiger partial charge in [0.2, 0.25) is 11.8 Å². The SMILES string of the molecule is CC(C)NC(=O)C1CCCC(NC(=O)C(NC(=O)c2c(F)cccc2F)C(C)C)C1. The second-order valence-electron chi connectivity index (χ2n) is 8.52. The highest BCUT2D eigenvalue weighted by atomic mass is 19.1. The molecule has 3 amide bonds. The van der Waals surface area contributed by atoms with Crippen molar-refractivity contribution >= 4 is 17.7 Å². The molecule has 6 nitrogen and oxygen atoms in total. The molecule has 1 aliphatic carbocycles. The summed E-state index contributed by atoms with van der Waals surface area (Å²) in [6.07, 6.45) is 2.82. The number of hydrogen-bond acceptors (Lipinski definition) is 3. The Kier molecular flexibility index (Phi) is 8.32. The van der Waals surface area contributed by atoms with Crippen LogP contribution in [0.2, 0.25) is 0 Å². The second kappa shape index (κ2) is 10.5. The Morgan fingerprint density at radius 3 is 2.20 bits per heavy atom. The molecular formula is C22H31F2N3O3. The largest absolute Gasteiger partial charge is 0.354 e. The van der Waals surface area contributed by atoms with Gasteiger partial charge in [-0.2, -0.15) is 0 Å². The van der Waals surface area contributed by atoms with E-state index >= 15 is 0 Å². The van der Waals surface area contributed by atoms with Gasteiger partial charge in [-0.15, -0.1) is 0 Å². The summed E-state index contributed by atoms with van der Waals surface area (Å²) in [4.78, 5) is 37.5. The van der Waals surface area contributed by atoms with E-state index in [-0.39, 0.29) is 29.8 Å². The highest BCUT2D eigenvalue weighted by Gasteiger charge is 2.32. The van der Waals surface area contributed by atoms with Crippen LogP contribution in [0.1, 0.15) is 63.7 Å². The first-order valence-electron chi connectivity index (χ1n) is 10.5. The standard InChI is InChI=1S/C22H31F2N3O3/c1-12(2)19(27-21(29)18-16(23)9-6-10-17(18)24)22(30)26-15-8-5-7-14(11-15)20(28)25-13(3)4/h6,9-10,12-15,19H,5,7-8,11H2,1-4H3,(H,25,28)(H,26,30)(H,27,29). The minimum Gasteiger partial charge on any atom is -0.354 e. The molecule has 0 aromatic heterocycles. The molecule has 1 aliphatic rings. The highest BCUT2D eigenvalue weighted by molar-refractivity contribution is 5.98. The fraction of sp³-hybridized carbons (Fsp3) is 0.591. The number of halogens is 2. The molecule has 0 aliphatic heterocycles. The second-order valence-corrected chi connectivity index (χ2v) is 8.52. The third-order valence-electron chi connectivity index (χ3n) is 5.25. The third-order valence-corrected chi connectivity index (χ3v) is 5.25. The quantitative estimate of drug-likeness (QED) is 0.630. The average molecular weight is 424 g/mol. The first kappa shape index (κ1) is 23.8. The van der Waals surface area contributed by atoms with Crippen molar-refractivity contribution in [1.29, 1.82) is 0 Å². The predicted molar refractivity (Wildman–Crippen MR) is 110 cm³/mol. The first-order chi connectivity index (χ1) is 14.1. The van der Waals surface area contributed by atoms with Crippen LogP contribution in [0.4, 0.5) is 8.78 Å². The van der Waals surface area contributed by atoms with E-state index in [4.69, 9.17) is 0 Å². The van der Waals surface area contributed by atoms with Crippen LogP contribution in [0, 0.1) is 23.5 Å². The lowest BCUT2D eigenvalue weighted by Crippen LogP contribution is -2.53. The molecule has 2 rings (SSSR count). The summed E-state index contributed by atoms with van der Waals surface area (Å²) in [5, 5.41) is 8.26. The number of amides is 3. The molecule has 3 N–H and O–H groups in total. The number of carbonyl (C=O) groups excluding carboxylic acids is 3. The van der Waals surface area contributed by atoms with E-state index in [1.807, 2.05) is 13.8 Å². The van der Waals surface area contributed by atoms with Crippen molar-refractivity contribution in [3.8, 4) is 0 Å². The summed E-state index contributed by atoms with van der Waals surface area (Å²) >= 11 is 0. The highest BCUT2D eigenvalue weighted by Crippen LogP contribution is 2.25. The van der Waals surface area contributed by atoms with E-state index in [0.717, 1.165) is 31.4 Å². The molecule has 30 heavy (non-hydrogen) atoms. The summed E-state index contributed by atoms with van der Waals surface area (Å²) in [5.74, 6) is -3.86. The van der Waals surface area contributed by atoms with Crippen molar-refractivity contribution in [3.05, 3.63) is 35.4 Å². The maximum absolute atomic E-state index is 13.9. The molecule has 1 aromatic carbocycles. The van der Waals surface area contributed by atoms with Crippen molar-refractivity contribution in [2.24, 2.45) is 11.8 Å².